The Morgan fingerprint density at radius 3 is 2.11 bits per heavy atom. The van der Waals surface area contributed by atoms with Crippen molar-refractivity contribution in [2.24, 2.45) is 0 Å². The molecule has 0 bridgehead atoms. The topological polar surface area (TPSA) is 37.4 Å². The molecule has 1 aromatic rings. The van der Waals surface area contributed by atoms with Crippen LogP contribution in [0.5, 0.6) is 0 Å². The fourth-order valence-corrected chi connectivity index (χ4v) is 0.727. The van der Waals surface area contributed by atoms with Crippen LogP contribution < -0.4 is 21.0 Å². The largest absolute Gasteiger partial charge is 0.427 e. The molecule has 0 amide bonds. The van der Waals surface area contributed by atoms with Gasteiger partial charge in [0.2, 0.25) is 0 Å². The van der Waals surface area contributed by atoms with E-state index in [0.717, 1.165) is 10.7 Å². The normalized spacial score (nSPS) is 12.9. The Balaban J connectivity index is 2.97. The van der Waals surface area contributed by atoms with Crippen LogP contribution in [0, 0.1) is 0 Å². The fraction of sp³-hybridized carbons (Fsp3) is 0. The van der Waals surface area contributed by atoms with Gasteiger partial charge in [-0.25, -0.2) is 0 Å². The van der Waals surface area contributed by atoms with Crippen molar-refractivity contribution in [3.8, 4) is 0 Å². The Kier molecular flexibility index (Phi) is 0.773. The number of rotatable bonds is 0. The summed E-state index contributed by atoms with van der Waals surface area (Å²) in [6.07, 6.45) is 0. The molecule has 1 aromatic carbocycles. The van der Waals surface area contributed by atoms with Crippen LogP contribution in [-0.2, 0) is 4.94 Å². The van der Waals surface area contributed by atoms with Gasteiger partial charge >= 0.3 is 21.0 Å². The first-order chi connectivity index (χ1) is 4.47. The van der Waals surface area contributed by atoms with E-state index in [9.17, 15) is 0 Å². The van der Waals surface area contributed by atoms with E-state index in [1.807, 2.05) is 24.3 Å². The van der Waals surface area contributed by atoms with Gasteiger partial charge in [-0.15, -0.1) is 0 Å². The number of nitrogens with zero attached hydrogens (tertiary/aromatic N) is 2. The highest BCUT2D eigenvalue weighted by Gasteiger charge is 2.22. The summed E-state index contributed by atoms with van der Waals surface area (Å²) < 4.78 is 0. The van der Waals surface area contributed by atoms with Gasteiger partial charge < -0.3 is 0 Å². The maximum absolute atomic E-state index is 4.46. The Morgan fingerprint density at radius 2 is 1.56 bits per heavy atom. The molecule has 0 N–H and O–H groups in total. The lowest BCUT2D eigenvalue weighted by atomic mass is 10.3. The quantitative estimate of drug-likeness (QED) is 0.408. The molecule has 1 heterocycles. The second-order valence-corrected chi connectivity index (χ2v) is 1.75. The Morgan fingerprint density at radius 1 is 1.00 bits per heavy atom. The van der Waals surface area contributed by atoms with E-state index in [4.69, 9.17) is 0 Å². The summed E-state index contributed by atoms with van der Waals surface area (Å²) in [5, 5.41) is 8.87. The van der Waals surface area contributed by atoms with Crippen LogP contribution in [0.25, 0.3) is 0 Å². The average Bonchev–Trinajstić information content (AvgIpc) is 2.33. The molecular formula is C6H4N2O+2. The SMILES string of the molecule is c1ccc2c(c1)=[N+]O[N+]=2. The number of hydrogen-bond donors (Lipinski definition) is 0. The highest BCUT2D eigenvalue weighted by molar-refractivity contribution is 4.99. The van der Waals surface area contributed by atoms with Gasteiger partial charge in [0.25, 0.3) is 0 Å². The molecule has 0 atom stereocenters. The third kappa shape index (κ3) is 0.579. The third-order valence-corrected chi connectivity index (χ3v) is 1.16. The monoisotopic (exact) mass is 120 g/mol. The molecule has 1 aliphatic heterocycles. The van der Waals surface area contributed by atoms with Gasteiger partial charge in [0.05, 0.1) is 0 Å². The lowest BCUT2D eigenvalue weighted by Crippen LogP contribution is -2.25. The summed E-state index contributed by atoms with van der Waals surface area (Å²) in [6, 6.07) is 7.50. The molecular weight excluding hydrogens is 116 g/mol. The molecule has 0 fully saturated rings. The molecule has 0 aliphatic carbocycles. The van der Waals surface area contributed by atoms with Crippen LogP contribution >= 0.6 is 0 Å². The predicted molar refractivity (Wildman–Crippen MR) is 29.3 cm³/mol. The van der Waals surface area contributed by atoms with Crippen molar-refractivity contribution in [2.75, 3.05) is 0 Å². The van der Waals surface area contributed by atoms with Crippen molar-refractivity contribution in [1.29, 1.82) is 0 Å². The number of hydrogen-bond acceptors (Lipinski definition) is 3. The number of benzene rings is 1. The van der Waals surface area contributed by atoms with Crippen LogP contribution in [0.4, 0.5) is 0 Å². The van der Waals surface area contributed by atoms with E-state index in [2.05, 4.69) is 15.2 Å². The Hall–Kier alpha value is -1.38. The third-order valence-electron chi connectivity index (χ3n) is 1.16. The second-order valence-electron chi connectivity index (χ2n) is 1.75. The van der Waals surface area contributed by atoms with E-state index in [1.54, 1.807) is 0 Å². The summed E-state index contributed by atoms with van der Waals surface area (Å²) in [5.74, 6) is 0. The maximum Gasteiger partial charge on any atom is 0.427 e. The van der Waals surface area contributed by atoms with E-state index >= 15 is 0 Å². The zero-order valence-electron chi connectivity index (χ0n) is 4.61. The zero-order valence-corrected chi connectivity index (χ0v) is 4.61. The minimum atomic E-state index is 0.803. The average molecular weight is 120 g/mol. The predicted octanol–water partition coefficient (Wildman–Crippen LogP) is -1.54. The van der Waals surface area contributed by atoms with Gasteiger partial charge in [0.1, 0.15) is 0 Å². The molecule has 3 heteroatoms. The van der Waals surface area contributed by atoms with Crippen LogP contribution in [0.15, 0.2) is 24.3 Å². The number of fused-ring (bicyclic) bond motifs is 1. The summed E-state index contributed by atoms with van der Waals surface area (Å²) in [5.41, 5.74) is 0. The van der Waals surface area contributed by atoms with Crippen molar-refractivity contribution < 1.29 is 4.94 Å². The minimum Gasteiger partial charge on any atom is -0.0546 e. The van der Waals surface area contributed by atoms with Gasteiger partial charge in [0, 0.05) is 12.1 Å². The fourth-order valence-electron chi connectivity index (χ4n) is 0.727. The van der Waals surface area contributed by atoms with Crippen molar-refractivity contribution in [3.05, 3.63) is 35.0 Å². The second kappa shape index (κ2) is 1.55. The highest BCUT2D eigenvalue weighted by Crippen LogP contribution is 1.68. The van der Waals surface area contributed by atoms with E-state index < -0.39 is 0 Å². The zero-order chi connectivity index (χ0) is 6.10. The molecule has 0 spiro atoms. The molecule has 42 valence electrons. The molecule has 2 radical (unpaired) electrons. The first-order valence-electron chi connectivity index (χ1n) is 2.64. The van der Waals surface area contributed by atoms with Gasteiger partial charge in [0.15, 0.2) is 4.94 Å². The summed E-state index contributed by atoms with van der Waals surface area (Å²) in [6.45, 7) is 0. The molecule has 1 aliphatic rings. The summed E-state index contributed by atoms with van der Waals surface area (Å²) >= 11 is 0. The highest BCUT2D eigenvalue weighted by atomic mass is 16.8. The van der Waals surface area contributed by atoms with Gasteiger partial charge in [-0.05, 0) is 0 Å². The van der Waals surface area contributed by atoms with E-state index in [0.29, 0.717) is 0 Å². The van der Waals surface area contributed by atoms with Crippen molar-refractivity contribution in [2.45, 2.75) is 0 Å². The van der Waals surface area contributed by atoms with Crippen LogP contribution in [0.3, 0.4) is 0 Å². The maximum atomic E-state index is 4.46. The van der Waals surface area contributed by atoms with E-state index in [1.165, 1.54) is 0 Å². The lowest BCUT2D eigenvalue weighted by molar-refractivity contribution is 0.0560. The van der Waals surface area contributed by atoms with Crippen LogP contribution in [0.1, 0.15) is 0 Å². The van der Waals surface area contributed by atoms with Crippen LogP contribution in [0.2, 0.25) is 0 Å². The molecule has 9 heavy (non-hydrogen) atoms. The Labute approximate surface area is 51.2 Å². The van der Waals surface area contributed by atoms with Crippen molar-refractivity contribution >= 4 is 0 Å². The van der Waals surface area contributed by atoms with Crippen molar-refractivity contribution in [1.82, 2.24) is 10.3 Å². The van der Waals surface area contributed by atoms with E-state index in [-0.39, 0.29) is 0 Å². The summed E-state index contributed by atoms with van der Waals surface area (Å²) in [4.78, 5) is 4.46. The standard InChI is InChI=1S/C6H4N2O/c1-2-4-6-5(3-1)7-9-8-6/h1-4H/q+2. The van der Waals surface area contributed by atoms with Gasteiger partial charge in [-0.3, -0.25) is 0 Å². The lowest BCUT2D eigenvalue weighted by Gasteiger charge is -1.59. The van der Waals surface area contributed by atoms with Gasteiger partial charge in [-0.1, -0.05) is 12.1 Å². The molecule has 0 saturated carbocycles. The first-order valence-corrected chi connectivity index (χ1v) is 2.64. The van der Waals surface area contributed by atoms with Crippen LogP contribution in [-0.4, -0.2) is 0 Å². The molecule has 0 unspecified atom stereocenters. The molecule has 0 saturated heterocycles. The smallest absolute Gasteiger partial charge is 0.0546 e. The molecule has 3 nitrogen and oxygen atoms in total. The summed E-state index contributed by atoms with van der Waals surface area (Å²) in [7, 11) is 0. The Bertz CT molecular complexity index is 298. The first kappa shape index (κ1) is 4.49. The molecule has 0 aromatic heterocycles. The van der Waals surface area contributed by atoms with Gasteiger partial charge in [-0.2, -0.15) is 0 Å². The van der Waals surface area contributed by atoms with Crippen molar-refractivity contribution in [3.63, 3.8) is 0 Å². The molecule has 2 rings (SSSR count). The minimum absolute atomic E-state index is 0.803.